The van der Waals surface area contributed by atoms with Crippen molar-refractivity contribution in [3.63, 3.8) is 0 Å². The van der Waals surface area contributed by atoms with Crippen LogP contribution in [-0.2, 0) is 6.18 Å². The molecule has 1 amide bonds. The maximum Gasteiger partial charge on any atom is 0.452 e. The highest BCUT2D eigenvalue weighted by molar-refractivity contribution is 6.44. The molecule has 2 aromatic rings. The quantitative estimate of drug-likeness (QED) is 0.873. The molecule has 0 unspecified atom stereocenters. The van der Waals surface area contributed by atoms with E-state index >= 15 is 0 Å². The molecule has 2 rings (SSSR count). The van der Waals surface area contributed by atoms with Crippen molar-refractivity contribution in [2.45, 2.75) is 13.1 Å². The Balaban J connectivity index is 2.36. The van der Waals surface area contributed by atoms with E-state index in [1.165, 1.54) is 25.1 Å². The Hall–Kier alpha value is -1.73. The summed E-state index contributed by atoms with van der Waals surface area (Å²) < 4.78 is 42.7. The number of benzene rings is 1. The number of rotatable bonds is 2. The average molecular weight is 339 g/mol. The predicted octanol–water partition coefficient (Wildman–Crippen LogP) is 4.56. The van der Waals surface area contributed by atoms with Gasteiger partial charge >= 0.3 is 6.18 Å². The Labute approximate surface area is 126 Å². The molecule has 0 fully saturated rings. The zero-order valence-corrected chi connectivity index (χ0v) is 11.9. The van der Waals surface area contributed by atoms with Crippen LogP contribution in [0.2, 0.25) is 10.0 Å². The number of halogens is 5. The van der Waals surface area contributed by atoms with Crippen molar-refractivity contribution in [3.8, 4) is 0 Å². The predicted molar refractivity (Wildman–Crippen MR) is 70.7 cm³/mol. The van der Waals surface area contributed by atoms with E-state index in [4.69, 9.17) is 23.2 Å². The number of hydrogen-bond donors (Lipinski definition) is 1. The van der Waals surface area contributed by atoms with E-state index < -0.39 is 23.5 Å². The smallest absolute Gasteiger partial charge is 0.436 e. The lowest BCUT2D eigenvalue weighted by atomic mass is 10.2. The van der Waals surface area contributed by atoms with Crippen LogP contribution in [0.4, 0.5) is 18.9 Å². The summed E-state index contributed by atoms with van der Waals surface area (Å²) in [4.78, 5) is 15.4. The van der Waals surface area contributed by atoms with Crippen LogP contribution < -0.4 is 5.32 Å². The molecule has 0 bridgehead atoms. The van der Waals surface area contributed by atoms with Gasteiger partial charge in [0.05, 0.1) is 15.7 Å². The Morgan fingerprint density at radius 3 is 2.62 bits per heavy atom. The zero-order chi connectivity index (χ0) is 15.8. The van der Waals surface area contributed by atoms with Gasteiger partial charge in [0, 0.05) is 6.92 Å². The molecule has 1 N–H and O–H groups in total. The molecular formula is C12H7Cl2F3N2O2. The van der Waals surface area contributed by atoms with Crippen molar-refractivity contribution in [1.82, 2.24) is 4.98 Å². The van der Waals surface area contributed by atoms with Crippen molar-refractivity contribution in [2.24, 2.45) is 0 Å². The van der Waals surface area contributed by atoms with Gasteiger partial charge in [-0.25, -0.2) is 4.98 Å². The number of nitrogens with one attached hydrogen (secondary N) is 1. The minimum absolute atomic E-state index is 0.0151. The number of carbonyl (C=O) groups is 1. The third-order valence-corrected chi connectivity index (χ3v) is 3.23. The lowest BCUT2D eigenvalue weighted by Gasteiger charge is -2.08. The number of aromatic nitrogens is 1. The Morgan fingerprint density at radius 1 is 1.33 bits per heavy atom. The van der Waals surface area contributed by atoms with Crippen LogP contribution in [0, 0.1) is 6.92 Å². The molecule has 0 saturated heterocycles. The molecule has 1 aromatic carbocycles. The lowest BCUT2D eigenvalue weighted by molar-refractivity contribution is -0.153. The fourth-order valence-corrected chi connectivity index (χ4v) is 1.90. The second-order valence-electron chi connectivity index (χ2n) is 3.96. The van der Waals surface area contributed by atoms with E-state index in [1.54, 1.807) is 0 Å². The minimum Gasteiger partial charge on any atom is -0.436 e. The zero-order valence-electron chi connectivity index (χ0n) is 10.4. The first-order chi connectivity index (χ1) is 9.70. The van der Waals surface area contributed by atoms with Crippen LogP contribution >= 0.6 is 23.2 Å². The van der Waals surface area contributed by atoms with Crippen molar-refractivity contribution in [3.05, 3.63) is 45.6 Å². The molecule has 0 aliphatic carbocycles. The van der Waals surface area contributed by atoms with Crippen LogP contribution in [0.1, 0.15) is 22.1 Å². The van der Waals surface area contributed by atoms with Gasteiger partial charge in [0.1, 0.15) is 0 Å². The fraction of sp³-hybridized carbons (Fsp3) is 0.167. The monoisotopic (exact) mass is 338 g/mol. The van der Waals surface area contributed by atoms with Gasteiger partial charge in [-0.05, 0) is 12.1 Å². The average Bonchev–Trinajstić information content (AvgIpc) is 2.77. The van der Waals surface area contributed by atoms with Gasteiger partial charge in [0.2, 0.25) is 5.76 Å². The van der Waals surface area contributed by atoms with Crippen molar-refractivity contribution < 1.29 is 22.4 Å². The van der Waals surface area contributed by atoms with Crippen molar-refractivity contribution in [1.29, 1.82) is 0 Å². The highest BCUT2D eigenvalue weighted by Gasteiger charge is 2.41. The van der Waals surface area contributed by atoms with E-state index in [0.717, 1.165) is 0 Å². The molecule has 21 heavy (non-hydrogen) atoms. The minimum atomic E-state index is -4.83. The first-order valence-electron chi connectivity index (χ1n) is 5.50. The van der Waals surface area contributed by atoms with E-state index in [2.05, 4.69) is 14.7 Å². The van der Waals surface area contributed by atoms with Crippen LogP contribution in [0.5, 0.6) is 0 Å². The van der Waals surface area contributed by atoms with Crippen LogP contribution in [-0.4, -0.2) is 10.9 Å². The summed E-state index contributed by atoms with van der Waals surface area (Å²) in [6.07, 6.45) is -4.83. The van der Waals surface area contributed by atoms with Gasteiger partial charge in [-0.15, -0.1) is 0 Å². The molecule has 0 aliphatic heterocycles. The van der Waals surface area contributed by atoms with E-state index in [0.29, 0.717) is 0 Å². The molecule has 0 saturated carbocycles. The molecule has 4 nitrogen and oxygen atoms in total. The number of anilines is 1. The highest BCUT2D eigenvalue weighted by Crippen LogP contribution is 2.34. The van der Waals surface area contributed by atoms with Gasteiger partial charge < -0.3 is 9.73 Å². The molecule has 1 aromatic heterocycles. The first-order valence-corrected chi connectivity index (χ1v) is 6.25. The summed E-state index contributed by atoms with van der Waals surface area (Å²) in [5.74, 6) is -2.83. The van der Waals surface area contributed by atoms with Crippen molar-refractivity contribution >= 4 is 34.8 Å². The topological polar surface area (TPSA) is 55.1 Å². The van der Waals surface area contributed by atoms with E-state index in [-0.39, 0.29) is 21.6 Å². The van der Waals surface area contributed by atoms with Gasteiger partial charge in [0.25, 0.3) is 5.91 Å². The van der Waals surface area contributed by atoms with Crippen LogP contribution in [0.15, 0.2) is 22.6 Å². The van der Waals surface area contributed by atoms with Crippen molar-refractivity contribution in [2.75, 3.05) is 5.32 Å². The molecule has 0 aliphatic rings. The molecular weight excluding hydrogens is 332 g/mol. The maximum absolute atomic E-state index is 12.7. The maximum atomic E-state index is 12.7. The fourth-order valence-electron chi connectivity index (χ4n) is 1.55. The summed E-state index contributed by atoms with van der Waals surface area (Å²) in [6, 6.07) is 4.36. The molecule has 112 valence electrons. The summed E-state index contributed by atoms with van der Waals surface area (Å²) in [6.45, 7) is 1.21. The third kappa shape index (κ3) is 3.30. The van der Waals surface area contributed by atoms with Gasteiger partial charge in [0.15, 0.2) is 11.6 Å². The van der Waals surface area contributed by atoms with Gasteiger partial charge in [-0.2, -0.15) is 13.2 Å². The highest BCUT2D eigenvalue weighted by atomic mass is 35.5. The number of nitrogens with zero attached hydrogens (tertiary/aromatic N) is 1. The summed E-state index contributed by atoms with van der Waals surface area (Å²) >= 11 is 11.6. The number of aryl methyl sites for hydroxylation is 1. The summed E-state index contributed by atoms with van der Waals surface area (Å²) in [5.41, 5.74) is -0.793. The van der Waals surface area contributed by atoms with Crippen LogP contribution in [0.25, 0.3) is 0 Å². The molecule has 0 atom stereocenters. The largest absolute Gasteiger partial charge is 0.452 e. The summed E-state index contributed by atoms with van der Waals surface area (Å²) in [5, 5.41) is 2.38. The van der Waals surface area contributed by atoms with Gasteiger partial charge in [-0.3, -0.25) is 4.79 Å². The SMILES string of the molecule is Cc1nc(C(=O)Nc2cccc(Cl)c2Cl)c(C(F)(F)F)o1. The van der Waals surface area contributed by atoms with Gasteiger partial charge in [-0.1, -0.05) is 29.3 Å². The normalized spacial score (nSPS) is 11.5. The molecule has 1 heterocycles. The number of carbonyl (C=O) groups excluding carboxylic acids is 1. The van der Waals surface area contributed by atoms with Crippen LogP contribution in [0.3, 0.4) is 0 Å². The second kappa shape index (κ2) is 5.57. The lowest BCUT2D eigenvalue weighted by Crippen LogP contribution is -2.18. The Morgan fingerprint density at radius 2 is 2.00 bits per heavy atom. The molecule has 9 heteroatoms. The number of hydrogen-bond acceptors (Lipinski definition) is 3. The molecule has 0 radical (unpaired) electrons. The molecule has 0 spiro atoms. The van der Waals surface area contributed by atoms with E-state index in [1.807, 2.05) is 0 Å². The van der Waals surface area contributed by atoms with E-state index in [9.17, 15) is 18.0 Å². The number of alkyl halides is 3. The first kappa shape index (κ1) is 15.7. The third-order valence-electron chi connectivity index (χ3n) is 2.41. The summed E-state index contributed by atoms with van der Waals surface area (Å²) in [7, 11) is 0. The Kier molecular flexibility index (Phi) is 4.15. The number of amides is 1. The Bertz CT molecular complexity index is 698. The number of oxazole rings is 1. The standard InChI is InChI=1S/C12H7Cl2F3N2O2/c1-5-18-9(10(21-5)12(15,16)17)11(20)19-7-4-2-3-6(13)8(7)14/h2-4H,1H3,(H,19,20). The second-order valence-corrected chi connectivity index (χ2v) is 4.75.